The lowest BCUT2D eigenvalue weighted by Crippen LogP contribution is -2.35. The number of halogens is 2. The summed E-state index contributed by atoms with van der Waals surface area (Å²) in [5, 5.41) is 12.3. The van der Waals surface area contributed by atoms with Gasteiger partial charge in [0.2, 0.25) is 0 Å². The number of carbonyl (C=O) groups is 1. The van der Waals surface area contributed by atoms with E-state index in [1.54, 1.807) is 19.2 Å². The number of aryl methyl sites for hydroxylation is 1. The predicted molar refractivity (Wildman–Crippen MR) is 75.7 cm³/mol. The Morgan fingerprint density at radius 1 is 1.36 bits per heavy atom. The normalized spacial score (nSPS) is 12.0. The third-order valence-electron chi connectivity index (χ3n) is 3.03. The van der Waals surface area contributed by atoms with Crippen molar-refractivity contribution in [2.75, 3.05) is 13.2 Å². The first-order chi connectivity index (χ1) is 10.5. The highest BCUT2D eigenvalue weighted by atomic mass is 19.2. The quantitative estimate of drug-likeness (QED) is 0.761. The van der Waals surface area contributed by atoms with Crippen molar-refractivity contribution in [3.63, 3.8) is 0 Å². The Morgan fingerprint density at radius 2 is 2.14 bits per heavy atom. The molecule has 2 aromatic rings. The number of H-pyrrole nitrogens is 1. The van der Waals surface area contributed by atoms with Crippen LogP contribution >= 0.6 is 0 Å². The van der Waals surface area contributed by atoms with E-state index in [0.29, 0.717) is 5.56 Å². The Hall–Kier alpha value is -2.41. The van der Waals surface area contributed by atoms with E-state index in [1.807, 2.05) is 0 Å². The summed E-state index contributed by atoms with van der Waals surface area (Å²) in [7, 11) is 0. The second-order valence-electron chi connectivity index (χ2n) is 4.77. The van der Waals surface area contributed by atoms with Crippen molar-refractivity contribution < 1.29 is 23.4 Å². The zero-order chi connectivity index (χ0) is 16.1. The minimum atomic E-state index is -1.02. The van der Waals surface area contributed by atoms with Crippen molar-refractivity contribution in [2.24, 2.45) is 0 Å². The molecule has 7 heteroatoms. The second kappa shape index (κ2) is 7.04. The summed E-state index contributed by atoms with van der Waals surface area (Å²) in [6, 6.07) is 4.72. The average Bonchev–Trinajstić information content (AvgIpc) is 2.92. The molecule has 5 nitrogen and oxygen atoms in total. The lowest BCUT2D eigenvalue weighted by atomic mass is 10.2. The third kappa shape index (κ3) is 4.05. The first-order valence-corrected chi connectivity index (χ1v) is 6.65. The Balaban J connectivity index is 1.78. The zero-order valence-electron chi connectivity index (χ0n) is 11.9. The number of rotatable bonds is 6. The molecule has 1 amide bonds. The van der Waals surface area contributed by atoms with E-state index in [0.717, 1.165) is 17.8 Å². The maximum atomic E-state index is 13.0. The topological polar surface area (TPSA) is 74.4 Å². The first kappa shape index (κ1) is 16.0. The molecule has 0 bridgehead atoms. The number of amides is 1. The summed E-state index contributed by atoms with van der Waals surface area (Å²) < 4.78 is 30.9. The minimum Gasteiger partial charge on any atom is -0.491 e. The van der Waals surface area contributed by atoms with Crippen molar-refractivity contribution in [1.82, 2.24) is 10.3 Å². The largest absolute Gasteiger partial charge is 0.491 e. The Bertz CT molecular complexity index is 658. The van der Waals surface area contributed by atoms with Crippen molar-refractivity contribution in [3.05, 3.63) is 53.4 Å². The minimum absolute atomic E-state index is 0.0207. The van der Waals surface area contributed by atoms with Crippen LogP contribution in [0.15, 0.2) is 30.5 Å². The molecule has 0 aliphatic rings. The molecule has 0 saturated carbocycles. The second-order valence-corrected chi connectivity index (χ2v) is 4.77. The van der Waals surface area contributed by atoms with Gasteiger partial charge in [-0.2, -0.15) is 0 Å². The maximum absolute atomic E-state index is 13.0. The number of ether oxygens (including phenoxy) is 1. The van der Waals surface area contributed by atoms with Gasteiger partial charge < -0.3 is 20.1 Å². The summed E-state index contributed by atoms with van der Waals surface area (Å²) in [6.45, 7) is 1.59. The van der Waals surface area contributed by atoms with Crippen LogP contribution in [0.2, 0.25) is 0 Å². The molecule has 0 spiro atoms. The van der Waals surface area contributed by atoms with Crippen LogP contribution in [0.1, 0.15) is 16.1 Å². The molecule has 0 radical (unpaired) electrons. The molecule has 0 fully saturated rings. The van der Waals surface area contributed by atoms with Crippen molar-refractivity contribution in [1.29, 1.82) is 0 Å². The molecule has 1 aromatic carbocycles. The van der Waals surface area contributed by atoms with Crippen LogP contribution in [0, 0.1) is 18.6 Å². The zero-order valence-corrected chi connectivity index (χ0v) is 11.9. The lowest BCUT2D eigenvalue weighted by Gasteiger charge is -2.13. The van der Waals surface area contributed by atoms with Crippen LogP contribution in [-0.2, 0) is 0 Å². The Labute approximate surface area is 125 Å². The molecule has 2 rings (SSSR count). The summed E-state index contributed by atoms with van der Waals surface area (Å²) in [6.07, 6.45) is 0.670. The van der Waals surface area contributed by atoms with E-state index < -0.39 is 17.7 Å². The van der Waals surface area contributed by atoms with Crippen LogP contribution in [0.4, 0.5) is 8.78 Å². The summed E-state index contributed by atoms with van der Waals surface area (Å²) >= 11 is 0. The predicted octanol–water partition coefficient (Wildman–Crippen LogP) is 1.77. The highest BCUT2D eigenvalue weighted by Gasteiger charge is 2.12. The number of aromatic amines is 1. The maximum Gasteiger partial charge on any atom is 0.253 e. The van der Waals surface area contributed by atoms with Gasteiger partial charge in [-0.25, -0.2) is 8.78 Å². The molecule has 22 heavy (non-hydrogen) atoms. The van der Waals surface area contributed by atoms with Gasteiger partial charge in [-0.05, 0) is 25.1 Å². The molecule has 1 unspecified atom stereocenters. The fraction of sp³-hybridized carbons (Fsp3) is 0.267. The molecule has 118 valence electrons. The molecule has 1 atom stereocenters. The molecular weight excluding hydrogens is 294 g/mol. The van der Waals surface area contributed by atoms with E-state index in [4.69, 9.17) is 4.74 Å². The van der Waals surface area contributed by atoms with Crippen LogP contribution in [-0.4, -0.2) is 35.3 Å². The van der Waals surface area contributed by atoms with E-state index in [1.165, 1.54) is 6.07 Å². The summed E-state index contributed by atoms with van der Waals surface area (Å²) in [5.41, 5.74) is 1.22. The fourth-order valence-corrected chi connectivity index (χ4v) is 1.82. The third-order valence-corrected chi connectivity index (χ3v) is 3.03. The number of carbonyl (C=O) groups excluding carboxylic acids is 1. The monoisotopic (exact) mass is 310 g/mol. The van der Waals surface area contributed by atoms with Gasteiger partial charge in [0, 0.05) is 24.5 Å². The number of benzene rings is 1. The SMILES string of the molecule is Cc1[nH]ccc1C(=O)NCC(O)COc1ccc(F)c(F)c1. The molecule has 0 aliphatic carbocycles. The lowest BCUT2D eigenvalue weighted by molar-refractivity contribution is 0.0842. The summed E-state index contributed by atoms with van der Waals surface area (Å²) in [4.78, 5) is 14.7. The molecule has 1 aromatic heterocycles. The van der Waals surface area contributed by atoms with Gasteiger partial charge in [-0.3, -0.25) is 4.79 Å². The van der Waals surface area contributed by atoms with Crippen LogP contribution in [0.5, 0.6) is 5.75 Å². The Morgan fingerprint density at radius 3 is 2.77 bits per heavy atom. The number of aromatic nitrogens is 1. The van der Waals surface area contributed by atoms with Crippen molar-refractivity contribution >= 4 is 5.91 Å². The molecule has 1 heterocycles. The van der Waals surface area contributed by atoms with E-state index in [-0.39, 0.29) is 24.8 Å². The highest BCUT2D eigenvalue weighted by Crippen LogP contribution is 2.15. The van der Waals surface area contributed by atoms with Crippen molar-refractivity contribution in [3.8, 4) is 5.75 Å². The first-order valence-electron chi connectivity index (χ1n) is 6.65. The fourth-order valence-electron chi connectivity index (χ4n) is 1.82. The van der Waals surface area contributed by atoms with E-state index in [2.05, 4.69) is 10.3 Å². The average molecular weight is 310 g/mol. The number of nitrogens with one attached hydrogen (secondary N) is 2. The van der Waals surface area contributed by atoms with Crippen LogP contribution < -0.4 is 10.1 Å². The van der Waals surface area contributed by atoms with Gasteiger partial charge in [-0.15, -0.1) is 0 Å². The smallest absolute Gasteiger partial charge is 0.253 e. The van der Waals surface area contributed by atoms with Gasteiger partial charge in [0.15, 0.2) is 11.6 Å². The molecule has 0 saturated heterocycles. The summed E-state index contributed by atoms with van der Waals surface area (Å²) in [5.74, 6) is -2.21. The Kier molecular flexibility index (Phi) is 5.11. The number of aliphatic hydroxyl groups excluding tert-OH is 1. The van der Waals surface area contributed by atoms with Gasteiger partial charge >= 0.3 is 0 Å². The number of aliphatic hydroxyl groups is 1. The van der Waals surface area contributed by atoms with Gasteiger partial charge in [0.1, 0.15) is 18.5 Å². The van der Waals surface area contributed by atoms with E-state index in [9.17, 15) is 18.7 Å². The van der Waals surface area contributed by atoms with Gasteiger partial charge in [0.05, 0.1) is 5.56 Å². The molecule has 0 aliphatic heterocycles. The molecule has 3 N–H and O–H groups in total. The number of hydrogen-bond acceptors (Lipinski definition) is 3. The molecular formula is C15H16F2N2O3. The van der Waals surface area contributed by atoms with Gasteiger partial charge in [0.25, 0.3) is 5.91 Å². The van der Waals surface area contributed by atoms with Gasteiger partial charge in [-0.1, -0.05) is 0 Å². The van der Waals surface area contributed by atoms with E-state index >= 15 is 0 Å². The van der Waals surface area contributed by atoms with Crippen molar-refractivity contribution in [2.45, 2.75) is 13.0 Å². The van der Waals surface area contributed by atoms with Crippen LogP contribution in [0.3, 0.4) is 0 Å². The highest BCUT2D eigenvalue weighted by molar-refractivity contribution is 5.95. The number of hydrogen-bond donors (Lipinski definition) is 3. The standard InChI is InChI=1S/C15H16F2N2O3/c1-9-12(4-5-18-9)15(21)19-7-10(20)8-22-11-2-3-13(16)14(17)6-11/h2-6,10,18,20H,7-8H2,1H3,(H,19,21). The van der Waals surface area contributed by atoms with Crippen LogP contribution in [0.25, 0.3) is 0 Å².